The Labute approximate surface area is 342 Å². The van der Waals surface area contributed by atoms with Gasteiger partial charge in [-0.1, -0.05) is 233 Å². The summed E-state index contributed by atoms with van der Waals surface area (Å²) >= 11 is 0. The molecule has 0 heterocycles. The molecule has 0 spiro atoms. The van der Waals surface area contributed by atoms with Crippen LogP contribution in [0.2, 0.25) is 0 Å². The Morgan fingerprint density at radius 1 is 0.345 bits per heavy atom. The van der Waals surface area contributed by atoms with Gasteiger partial charge in [0.2, 0.25) is 0 Å². The first-order valence-corrected chi connectivity index (χ1v) is 24.4. The maximum absolute atomic E-state index is 12.7. The fraction of sp³-hybridized carbons (Fsp3) is 0.939. The highest BCUT2D eigenvalue weighted by Crippen LogP contribution is 2.16. The van der Waals surface area contributed by atoms with Crippen LogP contribution in [0.4, 0.5) is 0 Å². The molecule has 0 N–H and O–H groups in total. The lowest BCUT2D eigenvalue weighted by atomic mass is 10.0. The summed E-state index contributed by atoms with van der Waals surface area (Å²) in [5, 5.41) is 0. The normalized spacial score (nSPS) is 11.9. The smallest absolute Gasteiger partial charge is 0.306 e. The minimum atomic E-state index is -0.759. The van der Waals surface area contributed by atoms with E-state index < -0.39 is 6.10 Å². The molecule has 0 radical (unpaired) electrons. The van der Waals surface area contributed by atoms with Gasteiger partial charge in [0, 0.05) is 19.3 Å². The number of esters is 3. The Balaban J connectivity index is 4.28. The lowest BCUT2D eigenvalue weighted by Crippen LogP contribution is -2.30. The molecule has 0 aliphatic rings. The van der Waals surface area contributed by atoms with Crippen LogP contribution in [0.1, 0.15) is 272 Å². The predicted molar refractivity (Wildman–Crippen MR) is 233 cm³/mol. The van der Waals surface area contributed by atoms with Crippen LogP contribution in [0.15, 0.2) is 0 Å². The van der Waals surface area contributed by atoms with Crippen molar-refractivity contribution in [1.29, 1.82) is 0 Å². The molecular formula is C49H94O6. The van der Waals surface area contributed by atoms with E-state index in [-0.39, 0.29) is 31.1 Å². The molecule has 0 bridgehead atoms. The van der Waals surface area contributed by atoms with Gasteiger partial charge in [0.25, 0.3) is 0 Å². The van der Waals surface area contributed by atoms with Gasteiger partial charge in [-0.3, -0.25) is 14.4 Å². The zero-order valence-electron chi connectivity index (χ0n) is 37.4. The van der Waals surface area contributed by atoms with Crippen molar-refractivity contribution in [2.24, 2.45) is 5.92 Å². The highest BCUT2D eigenvalue weighted by Gasteiger charge is 2.19. The molecule has 0 saturated carbocycles. The Bertz CT molecular complexity index is 826. The molecule has 0 aliphatic carbocycles. The molecular weight excluding hydrogens is 685 g/mol. The van der Waals surface area contributed by atoms with Crippen molar-refractivity contribution in [2.45, 2.75) is 278 Å². The number of hydrogen-bond donors (Lipinski definition) is 0. The second kappa shape index (κ2) is 43.5. The van der Waals surface area contributed by atoms with Crippen molar-refractivity contribution in [3.8, 4) is 0 Å². The van der Waals surface area contributed by atoms with E-state index in [1.807, 2.05) is 0 Å². The van der Waals surface area contributed by atoms with E-state index in [1.54, 1.807) is 0 Å². The summed E-state index contributed by atoms with van der Waals surface area (Å²) < 4.78 is 16.7. The molecule has 6 heteroatoms. The van der Waals surface area contributed by atoms with E-state index >= 15 is 0 Å². The van der Waals surface area contributed by atoms with Gasteiger partial charge >= 0.3 is 17.9 Å². The first-order chi connectivity index (χ1) is 26.9. The van der Waals surface area contributed by atoms with Gasteiger partial charge in [-0.05, 0) is 25.2 Å². The number of hydrogen-bond acceptors (Lipinski definition) is 6. The van der Waals surface area contributed by atoms with Crippen molar-refractivity contribution in [3.05, 3.63) is 0 Å². The van der Waals surface area contributed by atoms with Crippen LogP contribution < -0.4 is 0 Å². The second-order valence-corrected chi connectivity index (χ2v) is 17.2. The molecule has 55 heavy (non-hydrogen) atoms. The van der Waals surface area contributed by atoms with E-state index in [4.69, 9.17) is 14.2 Å². The summed E-state index contributed by atoms with van der Waals surface area (Å²) in [7, 11) is 0. The van der Waals surface area contributed by atoms with Crippen molar-refractivity contribution in [1.82, 2.24) is 0 Å². The fourth-order valence-electron chi connectivity index (χ4n) is 7.33. The minimum Gasteiger partial charge on any atom is -0.462 e. The SMILES string of the molecule is CCCCCCCCCCCCCCC(=O)OC[C@H](COC(=O)CCCCCCCCCCCCCCC(C)C)OC(=O)CCCCCCCCCCCC. The van der Waals surface area contributed by atoms with E-state index in [2.05, 4.69) is 27.7 Å². The second-order valence-electron chi connectivity index (χ2n) is 17.2. The van der Waals surface area contributed by atoms with Crippen LogP contribution in [0, 0.1) is 5.92 Å². The average Bonchev–Trinajstić information content (AvgIpc) is 3.17. The van der Waals surface area contributed by atoms with Crippen LogP contribution in [-0.2, 0) is 28.6 Å². The van der Waals surface area contributed by atoms with Crippen LogP contribution in [0.5, 0.6) is 0 Å². The first kappa shape index (κ1) is 53.4. The van der Waals surface area contributed by atoms with Crippen molar-refractivity contribution in [3.63, 3.8) is 0 Å². The van der Waals surface area contributed by atoms with Gasteiger partial charge in [0.05, 0.1) is 0 Å². The zero-order valence-corrected chi connectivity index (χ0v) is 37.4. The zero-order chi connectivity index (χ0) is 40.3. The van der Waals surface area contributed by atoms with Crippen molar-refractivity contribution in [2.75, 3.05) is 13.2 Å². The molecule has 0 rings (SSSR count). The number of carbonyl (C=O) groups is 3. The Morgan fingerprint density at radius 2 is 0.600 bits per heavy atom. The maximum atomic E-state index is 12.7. The molecule has 0 aliphatic heterocycles. The third-order valence-electron chi connectivity index (χ3n) is 11.0. The van der Waals surface area contributed by atoms with Gasteiger partial charge in [0.1, 0.15) is 13.2 Å². The Hall–Kier alpha value is -1.59. The molecule has 326 valence electrons. The lowest BCUT2D eigenvalue weighted by molar-refractivity contribution is -0.167. The van der Waals surface area contributed by atoms with Crippen LogP contribution in [0.3, 0.4) is 0 Å². The molecule has 0 unspecified atom stereocenters. The van der Waals surface area contributed by atoms with E-state index in [9.17, 15) is 14.4 Å². The van der Waals surface area contributed by atoms with Gasteiger partial charge in [-0.25, -0.2) is 0 Å². The Kier molecular flexibility index (Phi) is 42.3. The topological polar surface area (TPSA) is 78.9 Å². The number of rotatable bonds is 44. The van der Waals surface area contributed by atoms with Gasteiger partial charge in [-0.15, -0.1) is 0 Å². The molecule has 1 atom stereocenters. The molecule has 6 nitrogen and oxygen atoms in total. The largest absolute Gasteiger partial charge is 0.462 e. The average molecular weight is 779 g/mol. The fourth-order valence-corrected chi connectivity index (χ4v) is 7.33. The van der Waals surface area contributed by atoms with Crippen LogP contribution in [-0.4, -0.2) is 37.2 Å². The molecule has 0 amide bonds. The first-order valence-electron chi connectivity index (χ1n) is 24.4. The summed E-state index contributed by atoms with van der Waals surface area (Å²) in [5.74, 6) is -0.0163. The summed E-state index contributed by atoms with van der Waals surface area (Å²) in [6, 6.07) is 0. The van der Waals surface area contributed by atoms with E-state index in [0.717, 1.165) is 63.7 Å². The van der Waals surface area contributed by atoms with E-state index in [1.165, 1.54) is 167 Å². The van der Waals surface area contributed by atoms with Gasteiger partial charge in [-0.2, -0.15) is 0 Å². The van der Waals surface area contributed by atoms with Gasteiger partial charge < -0.3 is 14.2 Å². The van der Waals surface area contributed by atoms with Crippen molar-refractivity contribution < 1.29 is 28.6 Å². The number of unbranched alkanes of at least 4 members (excludes halogenated alkanes) is 31. The highest BCUT2D eigenvalue weighted by molar-refractivity contribution is 5.71. The van der Waals surface area contributed by atoms with E-state index in [0.29, 0.717) is 19.3 Å². The molecule has 0 aromatic carbocycles. The quantitative estimate of drug-likeness (QED) is 0.0348. The standard InChI is InChI=1S/C49H94O6/c1-5-7-9-11-13-15-17-21-25-28-32-36-40-47(50)53-43-46(55-49(52)42-38-34-30-24-16-14-12-10-8-6-2)44-54-48(51)41-37-33-29-26-22-19-18-20-23-27-31-35-39-45(3)4/h45-46H,5-44H2,1-4H3/t46-/m1/s1. The third-order valence-corrected chi connectivity index (χ3v) is 11.0. The van der Waals surface area contributed by atoms with Crippen molar-refractivity contribution >= 4 is 17.9 Å². The monoisotopic (exact) mass is 779 g/mol. The molecule has 0 saturated heterocycles. The summed E-state index contributed by atoms with van der Waals surface area (Å²) in [4.78, 5) is 37.8. The summed E-state index contributed by atoms with van der Waals surface area (Å²) in [5.41, 5.74) is 0. The van der Waals surface area contributed by atoms with Gasteiger partial charge in [0.15, 0.2) is 6.10 Å². The van der Waals surface area contributed by atoms with Crippen LogP contribution in [0.25, 0.3) is 0 Å². The Morgan fingerprint density at radius 3 is 0.891 bits per heavy atom. The maximum Gasteiger partial charge on any atom is 0.306 e. The highest BCUT2D eigenvalue weighted by atomic mass is 16.6. The predicted octanol–water partition coefficient (Wildman–Crippen LogP) is 15.5. The number of carbonyl (C=O) groups excluding carboxylic acids is 3. The lowest BCUT2D eigenvalue weighted by Gasteiger charge is -2.18. The molecule has 0 aromatic heterocycles. The third kappa shape index (κ3) is 43.4. The molecule has 0 fully saturated rings. The van der Waals surface area contributed by atoms with Crippen LogP contribution >= 0.6 is 0 Å². The summed E-state index contributed by atoms with van der Waals surface area (Å²) in [6.45, 7) is 9.00. The summed E-state index contributed by atoms with van der Waals surface area (Å²) in [6.07, 6.45) is 43.7. The minimum absolute atomic E-state index is 0.0632. The molecule has 0 aromatic rings. The number of ether oxygens (including phenoxy) is 3.